The first kappa shape index (κ1) is 67.9. The molecule has 24 aromatic rings. The second-order valence-corrected chi connectivity index (χ2v) is 30.6. The Hall–Kier alpha value is -15.8. The summed E-state index contributed by atoms with van der Waals surface area (Å²) in [6, 6.07) is 152. The van der Waals surface area contributed by atoms with Crippen LogP contribution in [0.5, 0.6) is 0 Å². The molecule has 6 heteroatoms. The molecular formula is C112H70N6. The van der Waals surface area contributed by atoms with Crippen molar-refractivity contribution in [2.45, 2.75) is 0 Å². The maximum atomic E-state index is 5.24. The average molecular weight is 1500 g/mol. The standard InChI is InChI=1S/2C56H35N3/c1-3-17-38(18-4-1)50-35-51(44-28-15-19-36-16-7-8-22-41(36)44)58-56(57-50)39-32-30-37(31-33-39)48-34-49-43-24-10-12-26-46(43)55-54(53(49)45-25-11-9-23-42(45)48)47-27-13-14-29-52(47)59(55)40-20-5-2-6-21-40;1-3-17-38(18-4-1)50-35-51(58-56(57-50)46-28-15-19-36-16-7-8-22-41(36)46)39-32-30-37(31-33-39)48-34-49-43-24-10-12-26-45(43)55-54(53(49)44-25-11-9-23-42(44)48)47-27-13-14-29-52(47)59(55)40-20-5-2-6-21-40/h2*1-35H. The Morgan fingerprint density at radius 1 is 0.161 bits per heavy atom. The Morgan fingerprint density at radius 3 is 0.941 bits per heavy atom. The lowest BCUT2D eigenvalue weighted by molar-refractivity contribution is 1.18. The van der Waals surface area contributed by atoms with E-state index in [0.717, 1.165) is 89.9 Å². The highest BCUT2D eigenvalue weighted by atomic mass is 15.0. The van der Waals surface area contributed by atoms with Crippen LogP contribution >= 0.6 is 0 Å². The maximum Gasteiger partial charge on any atom is 0.161 e. The molecule has 548 valence electrons. The van der Waals surface area contributed by atoms with Crippen LogP contribution in [0.15, 0.2) is 425 Å². The van der Waals surface area contributed by atoms with Gasteiger partial charge in [0.15, 0.2) is 11.6 Å². The van der Waals surface area contributed by atoms with E-state index >= 15 is 0 Å². The van der Waals surface area contributed by atoms with Gasteiger partial charge in [0.05, 0.1) is 44.8 Å². The van der Waals surface area contributed by atoms with Gasteiger partial charge >= 0.3 is 0 Å². The third kappa shape index (κ3) is 11.2. The number of nitrogens with zero attached hydrogens (tertiary/aromatic N) is 6. The lowest BCUT2D eigenvalue weighted by Gasteiger charge is -2.16. The number of fused-ring (bicyclic) bond motifs is 22. The summed E-state index contributed by atoms with van der Waals surface area (Å²) in [6.07, 6.45) is 0. The molecule has 0 bridgehead atoms. The highest BCUT2D eigenvalue weighted by molar-refractivity contribution is 6.40. The van der Waals surface area contributed by atoms with Crippen LogP contribution in [0.1, 0.15) is 0 Å². The smallest absolute Gasteiger partial charge is 0.161 e. The van der Waals surface area contributed by atoms with Crippen LogP contribution in [0.2, 0.25) is 0 Å². The molecular weight excluding hydrogens is 1430 g/mol. The van der Waals surface area contributed by atoms with E-state index in [4.69, 9.17) is 19.9 Å². The molecule has 0 aliphatic carbocycles. The number of para-hydroxylation sites is 4. The van der Waals surface area contributed by atoms with Crippen molar-refractivity contribution >= 4 is 130 Å². The van der Waals surface area contributed by atoms with E-state index in [1.807, 2.05) is 12.1 Å². The summed E-state index contributed by atoms with van der Waals surface area (Å²) in [5, 5.41) is 24.7. The highest BCUT2D eigenvalue weighted by Gasteiger charge is 2.26. The molecule has 4 aromatic heterocycles. The normalized spacial score (nSPS) is 11.7. The SMILES string of the molecule is c1ccc(-c2cc(-c3ccc(-c4cc5c6ccccc6c6c(c7ccccc7n6-c6ccccc6)c5c5ccccc45)cc3)nc(-c3cccc4ccccc34)n2)cc1.c1ccc(-c2cc(-c3cccc4ccccc34)nc(-c3ccc(-c4cc5c6ccccc6c6c(c7ccccc7n6-c6ccccc6)c5c5ccccc45)cc3)n2)cc1. The lowest BCUT2D eigenvalue weighted by atomic mass is 9.88. The first-order chi connectivity index (χ1) is 58.6. The fourth-order valence-corrected chi connectivity index (χ4v) is 18.7. The first-order valence-electron chi connectivity index (χ1n) is 40.3. The summed E-state index contributed by atoms with van der Waals surface area (Å²) < 4.78 is 4.91. The van der Waals surface area contributed by atoms with Crippen molar-refractivity contribution in [2.24, 2.45) is 0 Å². The molecule has 0 amide bonds. The summed E-state index contributed by atoms with van der Waals surface area (Å²) in [5.74, 6) is 1.42. The number of hydrogen-bond donors (Lipinski definition) is 0. The van der Waals surface area contributed by atoms with E-state index in [2.05, 4.69) is 422 Å². The van der Waals surface area contributed by atoms with Crippen LogP contribution in [0.4, 0.5) is 0 Å². The Morgan fingerprint density at radius 2 is 0.475 bits per heavy atom. The minimum atomic E-state index is 0.701. The van der Waals surface area contributed by atoms with Gasteiger partial charge in [-0.05, 0) is 148 Å². The summed E-state index contributed by atoms with van der Waals surface area (Å²) in [6.45, 7) is 0. The predicted octanol–water partition coefficient (Wildman–Crippen LogP) is 29.7. The second kappa shape index (κ2) is 28.1. The Kier molecular flexibility index (Phi) is 16.2. The average Bonchev–Trinajstić information content (AvgIpc) is 1.51. The minimum absolute atomic E-state index is 0.701. The summed E-state index contributed by atoms with van der Waals surface area (Å²) in [7, 11) is 0. The fraction of sp³-hybridized carbons (Fsp3) is 0. The van der Waals surface area contributed by atoms with Crippen LogP contribution in [-0.2, 0) is 0 Å². The molecule has 0 saturated heterocycles. The zero-order chi connectivity index (χ0) is 77.7. The zero-order valence-electron chi connectivity index (χ0n) is 64.1. The first-order valence-corrected chi connectivity index (χ1v) is 40.3. The van der Waals surface area contributed by atoms with Gasteiger partial charge in [0.25, 0.3) is 0 Å². The third-order valence-electron chi connectivity index (χ3n) is 23.9. The molecule has 0 aliphatic heterocycles. The zero-order valence-corrected chi connectivity index (χ0v) is 64.1. The van der Waals surface area contributed by atoms with Gasteiger partial charge in [-0.1, -0.05) is 364 Å². The van der Waals surface area contributed by atoms with Crippen molar-refractivity contribution < 1.29 is 0 Å². The minimum Gasteiger partial charge on any atom is -0.309 e. The van der Waals surface area contributed by atoms with Gasteiger partial charge in [-0.25, -0.2) is 19.9 Å². The molecule has 0 spiro atoms. The molecule has 0 atom stereocenters. The van der Waals surface area contributed by atoms with E-state index in [9.17, 15) is 0 Å². The summed E-state index contributed by atoms with van der Waals surface area (Å²) >= 11 is 0. The van der Waals surface area contributed by atoms with E-state index in [0.29, 0.717) is 5.82 Å². The van der Waals surface area contributed by atoms with Crippen LogP contribution < -0.4 is 0 Å². The molecule has 0 aliphatic rings. The second-order valence-electron chi connectivity index (χ2n) is 30.6. The van der Waals surface area contributed by atoms with Crippen LogP contribution in [0, 0.1) is 0 Å². The Labute approximate surface area is 680 Å². The molecule has 0 N–H and O–H groups in total. The molecule has 6 nitrogen and oxygen atoms in total. The van der Waals surface area contributed by atoms with Crippen molar-refractivity contribution in [3.8, 4) is 101 Å². The Bertz CT molecular complexity index is 7640. The van der Waals surface area contributed by atoms with Crippen LogP contribution in [0.25, 0.3) is 231 Å². The maximum absolute atomic E-state index is 5.24. The van der Waals surface area contributed by atoms with Crippen molar-refractivity contribution in [3.63, 3.8) is 0 Å². The van der Waals surface area contributed by atoms with E-state index in [-0.39, 0.29) is 0 Å². The van der Waals surface area contributed by atoms with E-state index < -0.39 is 0 Å². The number of benzene rings is 20. The molecule has 0 fully saturated rings. The van der Waals surface area contributed by atoms with Crippen molar-refractivity contribution in [2.75, 3.05) is 0 Å². The largest absolute Gasteiger partial charge is 0.309 e. The monoisotopic (exact) mass is 1500 g/mol. The molecule has 118 heavy (non-hydrogen) atoms. The van der Waals surface area contributed by atoms with Gasteiger partial charge < -0.3 is 9.13 Å². The molecule has 0 unspecified atom stereocenters. The van der Waals surface area contributed by atoms with E-state index in [1.165, 1.54) is 136 Å². The van der Waals surface area contributed by atoms with Gasteiger partial charge in [0.2, 0.25) is 0 Å². The van der Waals surface area contributed by atoms with Crippen LogP contribution in [-0.4, -0.2) is 29.1 Å². The van der Waals surface area contributed by atoms with Gasteiger partial charge in [0.1, 0.15) is 0 Å². The lowest BCUT2D eigenvalue weighted by Crippen LogP contribution is -1.96. The summed E-state index contributed by atoms with van der Waals surface area (Å²) in [5.41, 5.74) is 21.8. The van der Waals surface area contributed by atoms with Gasteiger partial charge in [0, 0.05) is 87.8 Å². The van der Waals surface area contributed by atoms with Crippen LogP contribution in [0.3, 0.4) is 0 Å². The van der Waals surface area contributed by atoms with E-state index in [1.54, 1.807) is 0 Å². The van der Waals surface area contributed by atoms with Crippen molar-refractivity contribution in [1.82, 2.24) is 29.1 Å². The topological polar surface area (TPSA) is 61.4 Å². The highest BCUT2D eigenvalue weighted by Crippen LogP contribution is 2.50. The van der Waals surface area contributed by atoms with Crippen molar-refractivity contribution in [1.29, 1.82) is 0 Å². The van der Waals surface area contributed by atoms with Crippen molar-refractivity contribution in [3.05, 3.63) is 425 Å². The number of aromatic nitrogens is 6. The molecule has 0 radical (unpaired) electrons. The molecule has 4 heterocycles. The summed E-state index contributed by atoms with van der Waals surface area (Å²) in [4.78, 5) is 20.8. The molecule has 20 aromatic carbocycles. The quantitative estimate of drug-likeness (QED) is 0.128. The Balaban J connectivity index is 0.000000138. The predicted molar refractivity (Wildman–Crippen MR) is 496 cm³/mol. The van der Waals surface area contributed by atoms with Gasteiger partial charge in [-0.15, -0.1) is 0 Å². The number of hydrogen-bond acceptors (Lipinski definition) is 4. The third-order valence-corrected chi connectivity index (χ3v) is 23.9. The molecule has 24 rings (SSSR count). The molecule has 0 saturated carbocycles. The van der Waals surface area contributed by atoms with Gasteiger partial charge in [-0.3, -0.25) is 0 Å². The number of rotatable bonds is 10. The van der Waals surface area contributed by atoms with Gasteiger partial charge in [-0.2, -0.15) is 0 Å². The fourth-order valence-electron chi connectivity index (χ4n) is 18.7.